The van der Waals surface area contributed by atoms with Crippen LogP contribution in [0.1, 0.15) is 45.7 Å². The molecule has 0 bridgehead atoms. The Hall–Kier alpha value is -3.17. The third kappa shape index (κ3) is 4.26. The molecule has 3 aromatic rings. The molecule has 0 aliphatic heterocycles. The predicted molar refractivity (Wildman–Crippen MR) is 127 cm³/mol. The molecule has 5 nitrogen and oxygen atoms in total. The van der Waals surface area contributed by atoms with Crippen LogP contribution in [0.4, 0.5) is 0 Å². The molecule has 0 aliphatic carbocycles. The molecule has 6 heteroatoms. The van der Waals surface area contributed by atoms with Gasteiger partial charge < -0.3 is 14.0 Å². The lowest BCUT2D eigenvalue weighted by atomic mass is 10.0. The largest absolute Gasteiger partial charge is 0.493 e. The summed E-state index contributed by atoms with van der Waals surface area (Å²) in [6.45, 7) is 7.74. The zero-order valence-electron chi connectivity index (χ0n) is 18.8. The molecule has 1 atom stereocenters. The monoisotopic (exact) mass is 450 g/mol. The Kier molecular flexibility index (Phi) is 7.32. The van der Waals surface area contributed by atoms with E-state index in [2.05, 4.69) is 0 Å². The first-order valence-corrected chi connectivity index (χ1v) is 12.3. The number of benzene rings is 3. The molecule has 166 valence electrons. The maximum absolute atomic E-state index is 14.6. The lowest BCUT2D eigenvalue weighted by Gasteiger charge is -2.21. The summed E-state index contributed by atoms with van der Waals surface area (Å²) in [5, 5.41) is 0.186. The van der Waals surface area contributed by atoms with Crippen LogP contribution in [0.25, 0.3) is 0 Å². The van der Waals surface area contributed by atoms with Gasteiger partial charge in [-0.25, -0.2) is 0 Å². The van der Waals surface area contributed by atoms with Crippen LogP contribution in [-0.2, 0) is 4.57 Å². The van der Waals surface area contributed by atoms with E-state index in [0.717, 1.165) is 0 Å². The summed E-state index contributed by atoms with van der Waals surface area (Å²) in [5.74, 6) is 0.489. The van der Waals surface area contributed by atoms with Crippen molar-refractivity contribution in [2.75, 3.05) is 13.2 Å². The molecule has 0 spiro atoms. The standard InChI is InChI=1S/C26H27O5P/c1-5-30-21-16-11-17-22(31-6-2)24(21)26(28)32(29,20-14-8-7-9-15-20)25(27)23-18(3)12-10-13-19(23)4/h7-17H,5-6H2,1-4H3. The average Bonchev–Trinajstić information content (AvgIpc) is 2.79. The van der Waals surface area contributed by atoms with E-state index >= 15 is 0 Å². The summed E-state index contributed by atoms with van der Waals surface area (Å²) >= 11 is 0. The topological polar surface area (TPSA) is 69.7 Å². The third-order valence-electron chi connectivity index (χ3n) is 5.19. The van der Waals surface area contributed by atoms with Crippen LogP contribution in [0.3, 0.4) is 0 Å². The lowest BCUT2D eigenvalue weighted by molar-refractivity contribution is 0.103. The number of aryl methyl sites for hydroxylation is 2. The Morgan fingerprint density at radius 3 is 1.66 bits per heavy atom. The first kappa shape index (κ1) is 23.5. The summed E-state index contributed by atoms with van der Waals surface area (Å²) < 4.78 is 26.0. The highest BCUT2D eigenvalue weighted by atomic mass is 31.2. The summed E-state index contributed by atoms with van der Waals surface area (Å²) in [6, 6.07) is 18.6. The highest BCUT2D eigenvalue weighted by Crippen LogP contribution is 2.54. The number of hydrogen-bond donors (Lipinski definition) is 0. The van der Waals surface area contributed by atoms with Crippen LogP contribution in [-0.4, -0.2) is 24.3 Å². The van der Waals surface area contributed by atoms with Gasteiger partial charge in [-0.15, -0.1) is 0 Å². The van der Waals surface area contributed by atoms with Crippen molar-refractivity contribution in [2.45, 2.75) is 27.7 Å². The van der Waals surface area contributed by atoms with E-state index in [9.17, 15) is 14.2 Å². The second-order valence-corrected chi connectivity index (χ2v) is 9.86. The van der Waals surface area contributed by atoms with Gasteiger partial charge in [0.05, 0.1) is 13.2 Å². The van der Waals surface area contributed by atoms with Gasteiger partial charge in [-0.2, -0.15) is 0 Å². The fraction of sp³-hybridized carbons (Fsp3) is 0.231. The number of hydrogen-bond acceptors (Lipinski definition) is 5. The molecule has 0 heterocycles. The van der Waals surface area contributed by atoms with E-state index < -0.39 is 18.2 Å². The molecule has 0 aliphatic rings. The Labute approximate surface area is 188 Å². The normalized spacial score (nSPS) is 12.6. The molecule has 0 radical (unpaired) electrons. The molecule has 0 saturated heterocycles. The lowest BCUT2D eigenvalue weighted by Crippen LogP contribution is -2.22. The molecule has 0 aromatic heterocycles. The molecular formula is C26H27O5P. The molecule has 32 heavy (non-hydrogen) atoms. The number of carbonyl (C=O) groups excluding carboxylic acids is 2. The van der Waals surface area contributed by atoms with E-state index in [1.807, 2.05) is 6.07 Å². The quantitative estimate of drug-likeness (QED) is 0.387. The van der Waals surface area contributed by atoms with E-state index in [1.54, 1.807) is 88.4 Å². The third-order valence-corrected chi connectivity index (χ3v) is 7.80. The predicted octanol–water partition coefficient (Wildman–Crippen LogP) is 5.77. The van der Waals surface area contributed by atoms with Crippen molar-refractivity contribution in [3.63, 3.8) is 0 Å². The van der Waals surface area contributed by atoms with Crippen LogP contribution >= 0.6 is 7.14 Å². The Morgan fingerprint density at radius 2 is 1.16 bits per heavy atom. The first-order valence-electron chi connectivity index (χ1n) is 10.6. The van der Waals surface area contributed by atoms with E-state index in [0.29, 0.717) is 29.9 Å². The SMILES string of the molecule is CCOc1cccc(OCC)c1C(=O)P(=O)(C(=O)c1c(C)cccc1C)c1ccccc1. The minimum Gasteiger partial charge on any atom is -0.493 e. The first-order chi connectivity index (χ1) is 15.4. The summed E-state index contributed by atoms with van der Waals surface area (Å²) in [7, 11) is -4.29. The minimum absolute atomic E-state index is 0.0305. The van der Waals surface area contributed by atoms with Crippen molar-refractivity contribution in [1.29, 1.82) is 0 Å². The molecular weight excluding hydrogens is 423 g/mol. The summed E-state index contributed by atoms with van der Waals surface area (Å²) in [6.07, 6.45) is 0. The molecule has 3 aromatic carbocycles. The Morgan fingerprint density at radius 1 is 0.688 bits per heavy atom. The van der Waals surface area contributed by atoms with E-state index in [1.165, 1.54) is 0 Å². The minimum atomic E-state index is -4.29. The van der Waals surface area contributed by atoms with Crippen molar-refractivity contribution in [1.82, 2.24) is 0 Å². The van der Waals surface area contributed by atoms with E-state index in [4.69, 9.17) is 9.47 Å². The highest BCUT2D eigenvalue weighted by molar-refractivity contribution is 8.01. The van der Waals surface area contributed by atoms with Crippen molar-refractivity contribution < 1.29 is 23.6 Å². The zero-order valence-corrected chi connectivity index (χ0v) is 19.6. The van der Waals surface area contributed by atoms with E-state index in [-0.39, 0.29) is 22.4 Å². The molecule has 0 N–H and O–H groups in total. The molecule has 1 unspecified atom stereocenters. The molecule has 0 fully saturated rings. The van der Waals surface area contributed by atoms with Gasteiger partial charge in [-0.3, -0.25) is 9.59 Å². The maximum atomic E-state index is 14.6. The van der Waals surface area contributed by atoms with Crippen molar-refractivity contribution in [3.05, 3.63) is 89.0 Å². The van der Waals surface area contributed by atoms with Crippen molar-refractivity contribution in [3.8, 4) is 11.5 Å². The van der Waals surface area contributed by atoms with Gasteiger partial charge >= 0.3 is 0 Å². The smallest absolute Gasteiger partial charge is 0.249 e. The second kappa shape index (κ2) is 9.97. The maximum Gasteiger partial charge on any atom is 0.249 e. The Bertz CT molecular complexity index is 1140. The number of carbonyl (C=O) groups is 2. The fourth-order valence-corrected chi connectivity index (χ4v) is 6.15. The second-order valence-electron chi connectivity index (χ2n) is 7.32. The van der Waals surface area contributed by atoms with Gasteiger partial charge in [0, 0.05) is 10.9 Å². The molecule has 3 rings (SSSR count). The van der Waals surface area contributed by atoms with Crippen molar-refractivity contribution in [2.24, 2.45) is 0 Å². The van der Waals surface area contributed by atoms with Crippen LogP contribution < -0.4 is 14.8 Å². The zero-order chi connectivity index (χ0) is 23.3. The summed E-state index contributed by atoms with van der Waals surface area (Å²) in [4.78, 5) is 27.9. The summed E-state index contributed by atoms with van der Waals surface area (Å²) in [5.41, 5.74) is 0.203. The van der Waals surface area contributed by atoms with Gasteiger partial charge in [0.2, 0.25) is 18.2 Å². The molecule has 0 saturated carbocycles. The van der Waals surface area contributed by atoms with Crippen LogP contribution in [0.2, 0.25) is 0 Å². The Balaban J connectivity index is 2.31. The van der Waals surface area contributed by atoms with Gasteiger partial charge in [-0.05, 0) is 51.0 Å². The van der Waals surface area contributed by atoms with Gasteiger partial charge in [0.15, 0.2) is 0 Å². The van der Waals surface area contributed by atoms with Gasteiger partial charge in [0.25, 0.3) is 0 Å². The van der Waals surface area contributed by atoms with Gasteiger partial charge in [0.1, 0.15) is 17.1 Å². The number of rotatable bonds is 9. The fourth-order valence-electron chi connectivity index (χ4n) is 3.70. The van der Waals surface area contributed by atoms with Crippen LogP contribution in [0.5, 0.6) is 11.5 Å². The van der Waals surface area contributed by atoms with Crippen LogP contribution in [0.15, 0.2) is 66.7 Å². The number of ether oxygens (including phenoxy) is 2. The molecule has 0 amide bonds. The van der Waals surface area contributed by atoms with Crippen molar-refractivity contribution >= 4 is 23.5 Å². The average molecular weight is 450 g/mol. The highest BCUT2D eigenvalue weighted by Gasteiger charge is 2.45. The van der Waals surface area contributed by atoms with Gasteiger partial charge in [-0.1, -0.05) is 54.6 Å². The van der Waals surface area contributed by atoms with Crippen LogP contribution in [0, 0.1) is 13.8 Å².